The van der Waals surface area contributed by atoms with E-state index in [1.807, 2.05) is 4.90 Å². The van der Waals surface area contributed by atoms with E-state index in [1.54, 1.807) is 6.33 Å². The van der Waals surface area contributed by atoms with Crippen LogP contribution in [0, 0.1) is 0 Å². The molecular weight excluding hydrogens is 258 g/mol. The summed E-state index contributed by atoms with van der Waals surface area (Å²) >= 11 is 0. The third kappa shape index (κ3) is 2.53. The summed E-state index contributed by atoms with van der Waals surface area (Å²) < 4.78 is 0. The lowest BCUT2D eigenvalue weighted by molar-refractivity contribution is -0.133. The molecule has 1 aromatic heterocycles. The molecular formula is C13H19N5O2. The third-order valence-corrected chi connectivity index (χ3v) is 3.94. The van der Waals surface area contributed by atoms with Gasteiger partial charge in [-0.2, -0.15) is 0 Å². The Balaban J connectivity index is 1.59. The van der Waals surface area contributed by atoms with Crippen LogP contribution >= 0.6 is 0 Å². The van der Waals surface area contributed by atoms with Crippen LogP contribution in [0.15, 0.2) is 6.33 Å². The normalized spacial score (nSPS) is 25.4. The molecule has 2 atom stereocenters. The number of H-pyrrole nitrogens is 1. The van der Waals surface area contributed by atoms with E-state index < -0.39 is 0 Å². The molecule has 0 saturated carbocycles. The number of nitrogens with zero attached hydrogens (tertiary/aromatic N) is 2. The SMILES string of the molecule is CC(=O)NC1CCN(C(=O)C2Cc3nc[nH]c3CN2)C1. The number of rotatable bonds is 2. The van der Waals surface area contributed by atoms with Crippen LogP contribution in [0.4, 0.5) is 0 Å². The molecule has 1 saturated heterocycles. The molecule has 0 aliphatic carbocycles. The van der Waals surface area contributed by atoms with Crippen molar-refractivity contribution in [2.75, 3.05) is 13.1 Å². The van der Waals surface area contributed by atoms with Gasteiger partial charge in [-0.3, -0.25) is 14.9 Å². The summed E-state index contributed by atoms with van der Waals surface area (Å²) in [6.07, 6.45) is 3.12. The second kappa shape index (κ2) is 5.24. The van der Waals surface area contributed by atoms with Crippen molar-refractivity contribution in [3.63, 3.8) is 0 Å². The molecule has 0 aromatic carbocycles. The maximum absolute atomic E-state index is 12.5. The highest BCUT2D eigenvalue weighted by Gasteiger charge is 2.33. The fourth-order valence-corrected chi connectivity index (χ4v) is 2.93. The van der Waals surface area contributed by atoms with Crippen LogP contribution < -0.4 is 10.6 Å². The molecule has 1 aromatic rings. The van der Waals surface area contributed by atoms with Crippen molar-refractivity contribution < 1.29 is 9.59 Å². The second-order valence-electron chi connectivity index (χ2n) is 5.44. The van der Waals surface area contributed by atoms with Gasteiger partial charge in [-0.05, 0) is 6.42 Å². The number of aromatic nitrogens is 2. The van der Waals surface area contributed by atoms with Crippen molar-refractivity contribution >= 4 is 11.8 Å². The molecule has 1 fully saturated rings. The lowest BCUT2D eigenvalue weighted by Crippen LogP contribution is -2.49. The number of imidazole rings is 1. The molecule has 3 N–H and O–H groups in total. The average molecular weight is 277 g/mol. The summed E-state index contributed by atoms with van der Waals surface area (Å²) in [5.74, 6) is 0.0627. The van der Waals surface area contributed by atoms with Gasteiger partial charge in [0, 0.05) is 39.0 Å². The van der Waals surface area contributed by atoms with Gasteiger partial charge in [0.1, 0.15) is 0 Å². The fraction of sp³-hybridized carbons (Fsp3) is 0.615. The van der Waals surface area contributed by atoms with Gasteiger partial charge in [-0.15, -0.1) is 0 Å². The maximum atomic E-state index is 12.5. The number of hydrogen-bond donors (Lipinski definition) is 3. The van der Waals surface area contributed by atoms with Gasteiger partial charge >= 0.3 is 0 Å². The Labute approximate surface area is 117 Å². The Morgan fingerprint density at radius 3 is 3.15 bits per heavy atom. The van der Waals surface area contributed by atoms with Crippen molar-refractivity contribution in [2.24, 2.45) is 0 Å². The van der Waals surface area contributed by atoms with Crippen LogP contribution in [-0.2, 0) is 22.6 Å². The van der Waals surface area contributed by atoms with Gasteiger partial charge in [0.15, 0.2) is 0 Å². The van der Waals surface area contributed by atoms with Crippen LogP contribution in [0.3, 0.4) is 0 Å². The maximum Gasteiger partial charge on any atom is 0.240 e. The van der Waals surface area contributed by atoms with Crippen LogP contribution in [0.5, 0.6) is 0 Å². The monoisotopic (exact) mass is 277 g/mol. The first-order valence-electron chi connectivity index (χ1n) is 6.94. The Morgan fingerprint density at radius 1 is 1.50 bits per heavy atom. The van der Waals surface area contributed by atoms with Gasteiger partial charge < -0.3 is 15.2 Å². The summed E-state index contributed by atoms with van der Waals surface area (Å²) in [7, 11) is 0. The number of fused-ring (bicyclic) bond motifs is 1. The van der Waals surface area contributed by atoms with E-state index >= 15 is 0 Å². The number of nitrogens with one attached hydrogen (secondary N) is 3. The highest BCUT2D eigenvalue weighted by molar-refractivity contribution is 5.83. The minimum atomic E-state index is -0.207. The largest absolute Gasteiger partial charge is 0.352 e. The minimum absolute atomic E-state index is 0.0405. The molecule has 2 aliphatic rings. The van der Waals surface area contributed by atoms with Crippen LogP contribution in [0.1, 0.15) is 24.7 Å². The van der Waals surface area contributed by atoms with Gasteiger partial charge in [-0.25, -0.2) is 4.98 Å². The fourth-order valence-electron chi connectivity index (χ4n) is 2.93. The molecule has 3 rings (SSSR count). The summed E-state index contributed by atoms with van der Waals surface area (Å²) in [4.78, 5) is 32.7. The lowest BCUT2D eigenvalue weighted by atomic mass is 10.0. The second-order valence-corrected chi connectivity index (χ2v) is 5.44. The summed E-state index contributed by atoms with van der Waals surface area (Å²) in [6.45, 7) is 3.46. The van der Waals surface area contributed by atoms with E-state index in [0.29, 0.717) is 26.1 Å². The standard InChI is InChI=1S/C13H19N5O2/c1-8(19)17-9-2-3-18(6-9)13(20)11-4-10-12(5-14-11)16-7-15-10/h7,9,11,14H,2-6H2,1H3,(H,15,16)(H,17,19). The summed E-state index contributed by atoms with van der Waals surface area (Å²) in [5, 5.41) is 6.11. The van der Waals surface area contributed by atoms with Crippen molar-refractivity contribution in [2.45, 2.75) is 38.4 Å². The molecule has 0 spiro atoms. The Kier molecular flexibility index (Phi) is 3.43. The number of carbonyl (C=O) groups is 2. The number of likely N-dealkylation sites (tertiary alicyclic amines) is 1. The van der Waals surface area contributed by atoms with E-state index in [9.17, 15) is 9.59 Å². The smallest absolute Gasteiger partial charge is 0.240 e. The number of amides is 2. The molecule has 20 heavy (non-hydrogen) atoms. The zero-order chi connectivity index (χ0) is 14.1. The summed E-state index contributed by atoms with van der Waals surface area (Å²) in [6, 6.07) is -0.122. The van der Waals surface area contributed by atoms with Crippen molar-refractivity contribution in [3.8, 4) is 0 Å². The van der Waals surface area contributed by atoms with Crippen LogP contribution in [0.25, 0.3) is 0 Å². The van der Waals surface area contributed by atoms with E-state index in [1.165, 1.54) is 6.92 Å². The topological polar surface area (TPSA) is 90.1 Å². The first-order valence-corrected chi connectivity index (χ1v) is 6.94. The Bertz CT molecular complexity index is 527. The van der Waals surface area contributed by atoms with Crippen molar-refractivity contribution in [1.82, 2.24) is 25.5 Å². The van der Waals surface area contributed by atoms with E-state index in [0.717, 1.165) is 17.8 Å². The van der Waals surface area contributed by atoms with Gasteiger partial charge in [0.2, 0.25) is 11.8 Å². The molecule has 3 heterocycles. The quantitative estimate of drug-likeness (QED) is 0.657. The first-order chi connectivity index (χ1) is 9.63. The zero-order valence-corrected chi connectivity index (χ0v) is 11.5. The van der Waals surface area contributed by atoms with E-state index in [4.69, 9.17) is 0 Å². The molecule has 0 radical (unpaired) electrons. The van der Waals surface area contributed by atoms with E-state index in [2.05, 4.69) is 20.6 Å². The predicted octanol–water partition coefficient (Wildman–Crippen LogP) is -0.839. The highest BCUT2D eigenvalue weighted by atomic mass is 16.2. The number of hydrogen-bond acceptors (Lipinski definition) is 4. The Hall–Kier alpha value is -1.89. The summed E-state index contributed by atoms with van der Waals surface area (Å²) in [5.41, 5.74) is 2.03. The Morgan fingerprint density at radius 2 is 2.35 bits per heavy atom. The molecule has 7 nitrogen and oxygen atoms in total. The minimum Gasteiger partial charge on any atom is -0.352 e. The van der Waals surface area contributed by atoms with Gasteiger partial charge in [0.25, 0.3) is 0 Å². The van der Waals surface area contributed by atoms with Crippen molar-refractivity contribution in [1.29, 1.82) is 0 Å². The average Bonchev–Trinajstić information content (AvgIpc) is 3.04. The molecule has 7 heteroatoms. The lowest BCUT2D eigenvalue weighted by Gasteiger charge is -2.27. The number of aromatic amines is 1. The third-order valence-electron chi connectivity index (χ3n) is 3.94. The highest BCUT2D eigenvalue weighted by Crippen LogP contribution is 2.16. The molecule has 2 unspecified atom stereocenters. The molecule has 108 valence electrons. The van der Waals surface area contributed by atoms with E-state index in [-0.39, 0.29) is 23.9 Å². The molecule has 2 aliphatic heterocycles. The predicted molar refractivity (Wildman–Crippen MR) is 71.7 cm³/mol. The molecule has 2 amide bonds. The van der Waals surface area contributed by atoms with Crippen molar-refractivity contribution in [3.05, 3.63) is 17.7 Å². The van der Waals surface area contributed by atoms with Crippen LogP contribution in [0.2, 0.25) is 0 Å². The van der Waals surface area contributed by atoms with Crippen LogP contribution in [-0.4, -0.2) is 51.9 Å². The first kappa shape index (κ1) is 13.1. The molecule has 0 bridgehead atoms. The van der Waals surface area contributed by atoms with Gasteiger partial charge in [0.05, 0.1) is 23.8 Å². The van der Waals surface area contributed by atoms with Gasteiger partial charge in [-0.1, -0.05) is 0 Å². The number of carbonyl (C=O) groups excluding carboxylic acids is 2. The zero-order valence-electron chi connectivity index (χ0n) is 11.5.